The first-order valence-electron chi connectivity index (χ1n) is 9.91. The van der Waals surface area contributed by atoms with Crippen LogP contribution in [0.25, 0.3) is 0 Å². The molecule has 2 aromatic rings. The second-order valence-electron chi connectivity index (χ2n) is 9.42. The highest BCUT2D eigenvalue weighted by atomic mass is 16.5. The van der Waals surface area contributed by atoms with E-state index in [9.17, 15) is 9.59 Å². The van der Waals surface area contributed by atoms with Crippen LogP contribution in [0.2, 0.25) is 0 Å². The van der Waals surface area contributed by atoms with Gasteiger partial charge in [0.15, 0.2) is 5.78 Å². The molecule has 0 N–H and O–H groups in total. The van der Waals surface area contributed by atoms with Crippen LogP contribution >= 0.6 is 0 Å². The number of carbonyl (C=O) groups excluding carboxylic acids is 2. The average molecular weight is 392 g/mol. The summed E-state index contributed by atoms with van der Waals surface area (Å²) in [5.41, 5.74) is 0.488. The topological polar surface area (TPSA) is 46.6 Å². The zero-order chi connectivity index (χ0) is 21.4. The van der Waals surface area contributed by atoms with Crippen molar-refractivity contribution in [2.75, 3.05) is 4.90 Å². The molecule has 4 nitrogen and oxygen atoms in total. The van der Waals surface area contributed by atoms with E-state index < -0.39 is 17.1 Å². The molecule has 1 aliphatic heterocycles. The Bertz CT molecular complexity index is 932. The van der Waals surface area contributed by atoms with Crippen LogP contribution in [0.4, 0.5) is 5.69 Å². The van der Waals surface area contributed by atoms with E-state index in [1.165, 1.54) is 0 Å². The number of anilines is 1. The van der Waals surface area contributed by atoms with Crippen LogP contribution in [0.15, 0.2) is 72.0 Å². The molecule has 1 aliphatic rings. The van der Waals surface area contributed by atoms with E-state index in [0.29, 0.717) is 11.4 Å². The Morgan fingerprint density at radius 2 is 1.38 bits per heavy atom. The van der Waals surface area contributed by atoms with Crippen molar-refractivity contribution in [3.63, 3.8) is 0 Å². The van der Waals surface area contributed by atoms with E-state index in [-0.39, 0.29) is 17.3 Å². The van der Waals surface area contributed by atoms with Crippen molar-refractivity contribution >= 4 is 17.4 Å². The van der Waals surface area contributed by atoms with Crippen molar-refractivity contribution < 1.29 is 14.3 Å². The van der Waals surface area contributed by atoms with Gasteiger partial charge in [0.2, 0.25) is 6.23 Å². The first-order valence-corrected chi connectivity index (χ1v) is 9.91. The molecule has 0 aliphatic carbocycles. The fourth-order valence-electron chi connectivity index (χ4n) is 3.35. The van der Waals surface area contributed by atoms with Crippen LogP contribution < -0.4 is 4.90 Å². The lowest BCUT2D eigenvalue weighted by Crippen LogP contribution is -2.46. The van der Waals surface area contributed by atoms with Crippen LogP contribution in [0.1, 0.15) is 53.3 Å². The molecule has 0 saturated carbocycles. The van der Waals surface area contributed by atoms with Crippen molar-refractivity contribution in [2.24, 2.45) is 10.8 Å². The maximum Gasteiger partial charge on any atom is 0.268 e. The number of allylic oxidation sites excluding steroid dienone is 1. The van der Waals surface area contributed by atoms with Crippen molar-refractivity contribution in [1.82, 2.24) is 0 Å². The van der Waals surface area contributed by atoms with E-state index in [1.54, 1.807) is 4.90 Å². The lowest BCUT2D eigenvalue weighted by atomic mass is 9.80. The van der Waals surface area contributed by atoms with Crippen LogP contribution in [0.5, 0.6) is 0 Å². The van der Waals surface area contributed by atoms with Gasteiger partial charge in [0.25, 0.3) is 5.91 Å². The Kier molecular flexibility index (Phi) is 5.40. The van der Waals surface area contributed by atoms with Gasteiger partial charge in [-0.15, -0.1) is 0 Å². The summed E-state index contributed by atoms with van der Waals surface area (Å²) in [4.78, 5) is 28.7. The number of carbonyl (C=O) groups is 2. The summed E-state index contributed by atoms with van der Waals surface area (Å²) in [6, 6.07) is 19.0. The van der Waals surface area contributed by atoms with Gasteiger partial charge >= 0.3 is 0 Å². The van der Waals surface area contributed by atoms with E-state index in [2.05, 4.69) is 0 Å². The van der Waals surface area contributed by atoms with Gasteiger partial charge in [0, 0.05) is 22.1 Å². The lowest BCUT2D eigenvalue weighted by molar-refractivity contribution is -0.129. The minimum absolute atomic E-state index is 0.140. The van der Waals surface area contributed by atoms with Gasteiger partial charge in [-0.25, -0.2) is 0 Å². The SMILES string of the molecule is CC(C)(C)C(=O)C1=C(C(C)(C)C)OC(c2ccccc2)N(c2ccccc2)C1=O. The normalized spacial score (nSPS) is 17.9. The molecule has 0 aromatic heterocycles. The summed E-state index contributed by atoms with van der Waals surface area (Å²) in [5.74, 6) is -0.0792. The zero-order valence-electron chi connectivity index (χ0n) is 18.0. The molecule has 1 atom stereocenters. The Hall–Kier alpha value is -2.88. The quantitative estimate of drug-likeness (QED) is 0.634. The van der Waals surface area contributed by atoms with Crippen molar-refractivity contribution in [2.45, 2.75) is 47.8 Å². The third-order valence-electron chi connectivity index (χ3n) is 4.83. The first kappa shape index (κ1) is 20.8. The number of amides is 1. The lowest BCUT2D eigenvalue weighted by Gasteiger charge is -2.42. The predicted octanol–water partition coefficient (Wildman–Crippen LogP) is 5.66. The monoisotopic (exact) mass is 391 g/mol. The molecule has 2 aromatic carbocycles. The van der Waals surface area contributed by atoms with Crippen LogP contribution in [0.3, 0.4) is 0 Å². The number of nitrogens with zero attached hydrogens (tertiary/aromatic N) is 1. The average Bonchev–Trinajstić information content (AvgIpc) is 2.66. The van der Waals surface area contributed by atoms with Crippen molar-refractivity contribution in [3.05, 3.63) is 77.6 Å². The molecule has 1 amide bonds. The number of benzene rings is 2. The van der Waals surface area contributed by atoms with Gasteiger partial charge in [-0.2, -0.15) is 0 Å². The number of rotatable bonds is 3. The Labute approximate surface area is 173 Å². The highest BCUT2D eigenvalue weighted by molar-refractivity contribution is 6.26. The van der Waals surface area contributed by atoms with Crippen LogP contribution in [0, 0.1) is 10.8 Å². The summed E-state index contributed by atoms with van der Waals surface area (Å²) in [5, 5.41) is 0. The van der Waals surface area contributed by atoms with Gasteiger partial charge in [0.05, 0.1) is 0 Å². The maximum absolute atomic E-state index is 13.8. The Morgan fingerprint density at radius 1 is 0.862 bits per heavy atom. The number of hydrogen-bond acceptors (Lipinski definition) is 3. The highest BCUT2D eigenvalue weighted by Crippen LogP contribution is 2.43. The molecule has 0 bridgehead atoms. The second kappa shape index (κ2) is 7.51. The van der Waals surface area contributed by atoms with Crippen LogP contribution in [-0.2, 0) is 14.3 Å². The maximum atomic E-state index is 13.8. The fraction of sp³-hybridized carbons (Fsp3) is 0.360. The minimum Gasteiger partial charge on any atom is -0.469 e. The Morgan fingerprint density at radius 3 is 1.86 bits per heavy atom. The van der Waals surface area contributed by atoms with Gasteiger partial charge < -0.3 is 4.74 Å². The zero-order valence-corrected chi connectivity index (χ0v) is 18.0. The van der Waals surface area contributed by atoms with E-state index in [0.717, 1.165) is 5.56 Å². The Balaban J connectivity index is 2.26. The van der Waals surface area contributed by atoms with Crippen molar-refractivity contribution in [3.8, 4) is 0 Å². The molecule has 152 valence electrons. The molecule has 0 saturated heterocycles. The van der Waals surface area contributed by atoms with Crippen LogP contribution in [-0.4, -0.2) is 11.7 Å². The van der Waals surface area contributed by atoms with Gasteiger partial charge in [0.1, 0.15) is 11.3 Å². The van der Waals surface area contributed by atoms with Gasteiger partial charge in [-0.3, -0.25) is 14.5 Å². The van der Waals surface area contributed by atoms with E-state index in [1.807, 2.05) is 102 Å². The van der Waals surface area contributed by atoms with Crippen molar-refractivity contribution in [1.29, 1.82) is 0 Å². The second-order valence-corrected chi connectivity index (χ2v) is 9.42. The van der Waals surface area contributed by atoms with Gasteiger partial charge in [-0.05, 0) is 12.1 Å². The third-order valence-corrected chi connectivity index (χ3v) is 4.83. The molecule has 3 rings (SSSR count). The predicted molar refractivity (Wildman–Crippen MR) is 115 cm³/mol. The third kappa shape index (κ3) is 4.12. The summed E-state index contributed by atoms with van der Waals surface area (Å²) in [6.45, 7) is 11.4. The fourth-order valence-corrected chi connectivity index (χ4v) is 3.35. The number of Topliss-reactive ketones (excluding diaryl/α,β-unsaturated/α-hetero) is 1. The molecular formula is C25H29NO3. The first-order chi connectivity index (χ1) is 13.5. The van der Waals surface area contributed by atoms with Gasteiger partial charge in [-0.1, -0.05) is 90.1 Å². The molecule has 0 radical (unpaired) electrons. The highest BCUT2D eigenvalue weighted by Gasteiger charge is 2.45. The molecule has 0 fully saturated rings. The summed E-state index contributed by atoms with van der Waals surface area (Å²) < 4.78 is 6.47. The summed E-state index contributed by atoms with van der Waals surface area (Å²) in [7, 11) is 0. The largest absolute Gasteiger partial charge is 0.469 e. The smallest absolute Gasteiger partial charge is 0.268 e. The standard InChI is InChI=1S/C25H29NO3/c1-24(2,3)20(27)19-21(25(4,5)6)29-23(17-13-9-7-10-14-17)26(22(19)28)18-15-11-8-12-16-18/h7-16,23H,1-6H3. The summed E-state index contributed by atoms with van der Waals surface area (Å²) >= 11 is 0. The molecular weight excluding hydrogens is 362 g/mol. The number of ether oxygens (including phenoxy) is 1. The molecule has 4 heteroatoms. The molecule has 1 heterocycles. The van der Waals surface area contributed by atoms with E-state index in [4.69, 9.17) is 4.74 Å². The molecule has 1 unspecified atom stereocenters. The number of para-hydroxylation sites is 1. The molecule has 0 spiro atoms. The minimum atomic E-state index is -0.702. The number of hydrogen-bond donors (Lipinski definition) is 0. The summed E-state index contributed by atoms with van der Waals surface area (Å²) in [6.07, 6.45) is -0.642. The van der Waals surface area contributed by atoms with E-state index >= 15 is 0 Å². The molecule has 29 heavy (non-hydrogen) atoms. The number of ketones is 1.